The highest BCUT2D eigenvalue weighted by molar-refractivity contribution is 9.09. The molecule has 0 aromatic carbocycles. The fourth-order valence-electron chi connectivity index (χ4n) is 0.620. The lowest BCUT2D eigenvalue weighted by atomic mass is 10.2. The molecule has 0 saturated heterocycles. The maximum Gasteiger partial charge on any atom is 0.00313 e. The molecule has 0 nitrogen and oxygen atoms in total. The zero-order valence-corrected chi connectivity index (χ0v) is 7.08. The molecule has 0 aliphatic heterocycles. The third-order valence-electron chi connectivity index (χ3n) is 1.13. The van der Waals surface area contributed by atoms with Crippen LogP contribution >= 0.6 is 15.9 Å². The Morgan fingerprint density at radius 2 is 2.00 bits per heavy atom. The van der Waals surface area contributed by atoms with Crippen molar-refractivity contribution in [3.63, 3.8) is 0 Å². The largest absolute Gasteiger partial charge is 0.0928 e. The van der Waals surface area contributed by atoms with E-state index in [4.69, 9.17) is 0 Å². The van der Waals surface area contributed by atoms with Gasteiger partial charge in [0, 0.05) is 5.33 Å². The zero-order chi connectivity index (χ0) is 6.24. The first kappa shape index (κ1) is 8.48. The van der Waals surface area contributed by atoms with Crippen LogP contribution < -0.4 is 0 Å². The van der Waals surface area contributed by atoms with Gasteiger partial charge in [-0.05, 0) is 12.8 Å². The normalized spacial score (nSPS) is 9.75. The predicted octanol–water partition coefficient (Wildman–Crippen LogP) is 3.17. The van der Waals surface area contributed by atoms with E-state index in [1.165, 1.54) is 25.7 Å². The second-order valence-electron chi connectivity index (χ2n) is 1.95. The average Bonchev–Trinajstić information content (AvgIpc) is 1.81. The van der Waals surface area contributed by atoms with E-state index in [0.29, 0.717) is 0 Å². The molecule has 0 rings (SSSR count). The topological polar surface area (TPSA) is 0 Å². The molecular formula is C7H14Br. The van der Waals surface area contributed by atoms with Gasteiger partial charge < -0.3 is 0 Å². The molecule has 0 aromatic rings. The molecule has 0 heterocycles. The number of hydrogen-bond donors (Lipinski definition) is 0. The smallest absolute Gasteiger partial charge is 0.00313 e. The van der Waals surface area contributed by atoms with Crippen molar-refractivity contribution in [1.82, 2.24) is 0 Å². The molecule has 0 spiro atoms. The van der Waals surface area contributed by atoms with Crippen molar-refractivity contribution in [2.45, 2.75) is 32.6 Å². The first-order chi connectivity index (χ1) is 3.91. The molecule has 0 amide bonds. The third kappa shape index (κ3) is 6.48. The highest BCUT2D eigenvalue weighted by Crippen LogP contribution is 2.02. The van der Waals surface area contributed by atoms with Gasteiger partial charge in [0.25, 0.3) is 0 Å². The molecule has 0 aliphatic carbocycles. The van der Waals surface area contributed by atoms with Gasteiger partial charge in [-0.1, -0.05) is 42.1 Å². The van der Waals surface area contributed by atoms with Crippen LogP contribution in [-0.4, -0.2) is 5.33 Å². The molecular weight excluding hydrogens is 164 g/mol. The fraction of sp³-hybridized carbons (Fsp3) is 0.857. The van der Waals surface area contributed by atoms with Crippen LogP contribution in [0.1, 0.15) is 32.6 Å². The fourth-order valence-corrected chi connectivity index (χ4v) is 1.02. The lowest BCUT2D eigenvalue weighted by Crippen LogP contribution is -1.76. The van der Waals surface area contributed by atoms with Gasteiger partial charge in [-0.25, -0.2) is 0 Å². The minimum absolute atomic E-state index is 1.16. The summed E-state index contributed by atoms with van der Waals surface area (Å²) in [6.45, 7) is 2.12. The maximum absolute atomic E-state index is 3.39. The number of alkyl halides is 1. The van der Waals surface area contributed by atoms with Crippen LogP contribution in [0.5, 0.6) is 0 Å². The monoisotopic (exact) mass is 177 g/mol. The molecule has 0 saturated carbocycles. The number of hydrogen-bond acceptors (Lipinski definition) is 0. The first-order valence-electron chi connectivity index (χ1n) is 3.25. The van der Waals surface area contributed by atoms with Crippen LogP contribution in [0, 0.1) is 6.42 Å². The van der Waals surface area contributed by atoms with Crippen LogP contribution in [0.4, 0.5) is 0 Å². The number of halogens is 1. The predicted molar refractivity (Wildman–Crippen MR) is 42.2 cm³/mol. The quantitative estimate of drug-likeness (QED) is 0.448. The van der Waals surface area contributed by atoms with E-state index in [1.54, 1.807) is 0 Å². The lowest BCUT2D eigenvalue weighted by molar-refractivity contribution is 0.717. The van der Waals surface area contributed by atoms with Gasteiger partial charge in [0.05, 0.1) is 0 Å². The van der Waals surface area contributed by atoms with Gasteiger partial charge in [0.1, 0.15) is 0 Å². The molecule has 49 valence electrons. The Morgan fingerprint density at radius 1 is 1.25 bits per heavy atom. The Labute approximate surface area is 60.8 Å². The van der Waals surface area contributed by atoms with Gasteiger partial charge in [-0.3, -0.25) is 0 Å². The summed E-state index contributed by atoms with van der Waals surface area (Å²) in [5.74, 6) is 0. The SMILES string of the molecule is C[CH]CCCCCBr. The maximum atomic E-state index is 3.39. The van der Waals surface area contributed by atoms with Crippen LogP contribution in [0.3, 0.4) is 0 Å². The molecule has 0 aromatic heterocycles. The second kappa shape index (κ2) is 7.48. The van der Waals surface area contributed by atoms with Crippen LogP contribution in [-0.2, 0) is 0 Å². The van der Waals surface area contributed by atoms with E-state index >= 15 is 0 Å². The lowest BCUT2D eigenvalue weighted by Gasteiger charge is -1.92. The van der Waals surface area contributed by atoms with Gasteiger partial charge in [-0.15, -0.1) is 0 Å². The molecule has 0 fully saturated rings. The van der Waals surface area contributed by atoms with E-state index in [9.17, 15) is 0 Å². The summed E-state index contributed by atoms with van der Waals surface area (Å²) in [5.41, 5.74) is 0. The first-order valence-corrected chi connectivity index (χ1v) is 4.37. The van der Waals surface area contributed by atoms with E-state index < -0.39 is 0 Å². The summed E-state index contributed by atoms with van der Waals surface area (Å²) >= 11 is 3.39. The molecule has 0 unspecified atom stereocenters. The zero-order valence-electron chi connectivity index (χ0n) is 5.49. The summed E-state index contributed by atoms with van der Waals surface area (Å²) in [6.07, 6.45) is 7.58. The molecule has 1 heteroatoms. The Bertz CT molecular complexity index is 29.4. The summed E-state index contributed by atoms with van der Waals surface area (Å²) in [4.78, 5) is 0. The van der Waals surface area contributed by atoms with Gasteiger partial charge >= 0.3 is 0 Å². The van der Waals surface area contributed by atoms with Crippen LogP contribution in [0.25, 0.3) is 0 Å². The van der Waals surface area contributed by atoms with Gasteiger partial charge in [-0.2, -0.15) is 0 Å². The summed E-state index contributed by atoms with van der Waals surface area (Å²) in [7, 11) is 0. The Hall–Kier alpha value is 0.480. The van der Waals surface area contributed by atoms with E-state index in [-0.39, 0.29) is 0 Å². The molecule has 1 radical (unpaired) electrons. The van der Waals surface area contributed by atoms with E-state index in [1.807, 2.05) is 0 Å². The minimum Gasteiger partial charge on any atom is -0.0928 e. The standard InChI is InChI=1S/C7H14Br/c1-2-3-4-5-6-7-8/h2H,3-7H2,1H3. The van der Waals surface area contributed by atoms with Crippen molar-refractivity contribution in [3.05, 3.63) is 6.42 Å². The third-order valence-corrected chi connectivity index (χ3v) is 1.69. The van der Waals surface area contributed by atoms with E-state index in [0.717, 1.165) is 5.33 Å². The Morgan fingerprint density at radius 3 is 2.50 bits per heavy atom. The van der Waals surface area contributed by atoms with Crippen molar-refractivity contribution in [2.75, 3.05) is 5.33 Å². The molecule has 8 heavy (non-hydrogen) atoms. The highest BCUT2D eigenvalue weighted by atomic mass is 79.9. The molecule has 0 aliphatic rings. The van der Waals surface area contributed by atoms with Crippen molar-refractivity contribution in [1.29, 1.82) is 0 Å². The average molecular weight is 178 g/mol. The summed E-state index contributed by atoms with van der Waals surface area (Å²) in [6, 6.07) is 0. The highest BCUT2D eigenvalue weighted by Gasteiger charge is 1.84. The summed E-state index contributed by atoms with van der Waals surface area (Å²) < 4.78 is 0. The number of rotatable bonds is 5. The second-order valence-corrected chi connectivity index (χ2v) is 2.74. The Kier molecular flexibility index (Phi) is 7.93. The van der Waals surface area contributed by atoms with Crippen molar-refractivity contribution in [2.24, 2.45) is 0 Å². The van der Waals surface area contributed by atoms with Crippen LogP contribution in [0.2, 0.25) is 0 Å². The van der Waals surface area contributed by atoms with Crippen LogP contribution in [0.15, 0.2) is 0 Å². The van der Waals surface area contributed by atoms with E-state index in [2.05, 4.69) is 29.3 Å². The van der Waals surface area contributed by atoms with Crippen molar-refractivity contribution >= 4 is 15.9 Å². The number of unbranched alkanes of at least 4 members (excludes halogenated alkanes) is 4. The Balaban J connectivity index is 2.53. The molecule has 0 N–H and O–H groups in total. The van der Waals surface area contributed by atoms with Gasteiger partial charge in [0.15, 0.2) is 0 Å². The summed E-state index contributed by atoms with van der Waals surface area (Å²) in [5, 5.41) is 1.16. The molecule has 0 bridgehead atoms. The molecule has 0 atom stereocenters. The minimum atomic E-state index is 1.16. The van der Waals surface area contributed by atoms with Gasteiger partial charge in [0.2, 0.25) is 0 Å². The van der Waals surface area contributed by atoms with Crippen molar-refractivity contribution < 1.29 is 0 Å². The van der Waals surface area contributed by atoms with Crippen molar-refractivity contribution in [3.8, 4) is 0 Å².